The fourth-order valence-electron chi connectivity index (χ4n) is 3.29. The van der Waals surface area contributed by atoms with Crippen molar-refractivity contribution in [2.45, 2.75) is 38.8 Å². The second kappa shape index (κ2) is 6.50. The normalized spacial score (nSPS) is 14.0. The first kappa shape index (κ1) is 16.0. The average Bonchev–Trinajstić information content (AvgIpc) is 3.32. The van der Waals surface area contributed by atoms with Crippen LogP contribution in [0.25, 0.3) is 5.65 Å². The van der Waals surface area contributed by atoms with Crippen molar-refractivity contribution in [1.29, 1.82) is 0 Å². The third-order valence-corrected chi connectivity index (χ3v) is 4.97. The van der Waals surface area contributed by atoms with Crippen LogP contribution in [-0.2, 0) is 13.1 Å². The predicted octanol–water partition coefficient (Wildman–Crippen LogP) is 3.17. The van der Waals surface area contributed by atoms with Crippen LogP contribution in [0.3, 0.4) is 0 Å². The van der Waals surface area contributed by atoms with E-state index in [2.05, 4.69) is 54.4 Å². The topological polar surface area (TPSA) is 72.9 Å². The van der Waals surface area contributed by atoms with Crippen molar-refractivity contribution >= 4 is 11.5 Å². The minimum Gasteiger partial charge on any atom is -0.365 e. The number of nitrogens with zero attached hydrogens (tertiary/aromatic N) is 6. The van der Waals surface area contributed by atoms with Gasteiger partial charge in [-0.1, -0.05) is 24.3 Å². The molecule has 1 aliphatic rings. The summed E-state index contributed by atoms with van der Waals surface area (Å²) in [5, 5.41) is 16.6. The zero-order valence-corrected chi connectivity index (χ0v) is 15.2. The molecule has 27 heavy (non-hydrogen) atoms. The monoisotopic (exact) mass is 359 g/mol. The first-order valence-corrected chi connectivity index (χ1v) is 9.28. The van der Waals surface area contributed by atoms with Crippen molar-refractivity contribution in [3.8, 4) is 0 Å². The van der Waals surface area contributed by atoms with Crippen LogP contribution < -0.4 is 5.32 Å². The van der Waals surface area contributed by atoms with E-state index in [-0.39, 0.29) is 0 Å². The molecular weight excluding hydrogens is 338 g/mol. The molecular formula is C20H21N7. The Bertz CT molecular complexity index is 1090. The molecule has 1 saturated carbocycles. The maximum absolute atomic E-state index is 4.67. The standard InChI is InChI=1S/C20H21N7/c1-14-21-9-10-26(14)13-16-4-2-3-15(11-16)12-22-18-7-8-19-23-24-20(17-5-6-17)27(19)25-18/h2-4,7-11,17H,5-6,12-13H2,1H3,(H,22,25). The number of benzene rings is 1. The first-order valence-electron chi connectivity index (χ1n) is 9.28. The first-order chi connectivity index (χ1) is 13.3. The number of fused-ring (bicyclic) bond motifs is 1. The summed E-state index contributed by atoms with van der Waals surface area (Å²) < 4.78 is 4.02. The Morgan fingerprint density at radius 2 is 2.00 bits per heavy atom. The summed E-state index contributed by atoms with van der Waals surface area (Å²) in [6, 6.07) is 12.5. The summed E-state index contributed by atoms with van der Waals surface area (Å²) in [7, 11) is 0. The maximum atomic E-state index is 4.67. The van der Waals surface area contributed by atoms with Gasteiger partial charge in [0, 0.05) is 31.4 Å². The van der Waals surface area contributed by atoms with Gasteiger partial charge in [-0.25, -0.2) is 4.98 Å². The molecule has 0 amide bonds. The van der Waals surface area contributed by atoms with Crippen LogP contribution >= 0.6 is 0 Å². The molecule has 7 nitrogen and oxygen atoms in total. The Kier molecular flexibility index (Phi) is 3.85. The lowest BCUT2D eigenvalue weighted by atomic mass is 10.1. The maximum Gasteiger partial charge on any atom is 0.178 e. The molecule has 0 atom stereocenters. The zero-order chi connectivity index (χ0) is 18.2. The summed E-state index contributed by atoms with van der Waals surface area (Å²) in [4.78, 5) is 4.29. The van der Waals surface area contributed by atoms with E-state index < -0.39 is 0 Å². The van der Waals surface area contributed by atoms with Gasteiger partial charge in [0.2, 0.25) is 0 Å². The Hall–Kier alpha value is -3.22. The van der Waals surface area contributed by atoms with E-state index in [0.717, 1.165) is 36.2 Å². The summed E-state index contributed by atoms with van der Waals surface area (Å²) in [6.45, 7) is 3.57. The van der Waals surface area contributed by atoms with Gasteiger partial charge in [-0.2, -0.15) is 4.52 Å². The van der Waals surface area contributed by atoms with E-state index in [9.17, 15) is 0 Å². The molecule has 0 saturated heterocycles. The summed E-state index contributed by atoms with van der Waals surface area (Å²) in [5.74, 6) is 3.36. The number of hydrogen-bond donors (Lipinski definition) is 1. The van der Waals surface area contributed by atoms with Gasteiger partial charge < -0.3 is 9.88 Å². The largest absolute Gasteiger partial charge is 0.365 e. The fourth-order valence-corrected chi connectivity index (χ4v) is 3.29. The Balaban J connectivity index is 1.31. The van der Waals surface area contributed by atoms with Gasteiger partial charge in [-0.05, 0) is 43.0 Å². The molecule has 136 valence electrons. The minimum absolute atomic E-state index is 0.520. The lowest BCUT2D eigenvalue weighted by Gasteiger charge is -2.09. The zero-order valence-electron chi connectivity index (χ0n) is 15.2. The number of aryl methyl sites for hydroxylation is 1. The molecule has 1 N–H and O–H groups in total. The molecule has 5 rings (SSSR count). The van der Waals surface area contributed by atoms with Crippen LogP contribution in [0.2, 0.25) is 0 Å². The molecule has 4 aromatic rings. The summed E-state index contributed by atoms with van der Waals surface area (Å²) in [5.41, 5.74) is 3.28. The number of nitrogens with one attached hydrogen (secondary N) is 1. The molecule has 7 heteroatoms. The van der Waals surface area contributed by atoms with Crippen LogP contribution in [0.4, 0.5) is 5.82 Å². The Morgan fingerprint density at radius 3 is 2.81 bits per heavy atom. The van der Waals surface area contributed by atoms with Crippen LogP contribution in [0, 0.1) is 6.92 Å². The van der Waals surface area contributed by atoms with Crippen molar-refractivity contribution in [2.75, 3.05) is 5.32 Å². The van der Waals surface area contributed by atoms with Crippen molar-refractivity contribution in [1.82, 2.24) is 29.4 Å². The number of aromatic nitrogens is 6. The highest BCUT2D eigenvalue weighted by atomic mass is 15.4. The second-order valence-electron chi connectivity index (χ2n) is 7.10. The van der Waals surface area contributed by atoms with E-state index in [0.29, 0.717) is 5.92 Å². The second-order valence-corrected chi connectivity index (χ2v) is 7.10. The number of anilines is 1. The van der Waals surface area contributed by atoms with Crippen molar-refractivity contribution < 1.29 is 0 Å². The van der Waals surface area contributed by atoms with Crippen LogP contribution in [-0.4, -0.2) is 29.4 Å². The molecule has 1 aliphatic carbocycles. The van der Waals surface area contributed by atoms with Gasteiger partial charge in [0.05, 0.1) is 0 Å². The van der Waals surface area contributed by atoms with E-state index in [1.807, 2.05) is 36.0 Å². The molecule has 0 radical (unpaired) electrons. The smallest absolute Gasteiger partial charge is 0.178 e. The van der Waals surface area contributed by atoms with Crippen molar-refractivity contribution in [3.63, 3.8) is 0 Å². The molecule has 0 spiro atoms. The van der Waals surface area contributed by atoms with Gasteiger partial charge in [-0.15, -0.1) is 15.3 Å². The van der Waals surface area contributed by atoms with Gasteiger partial charge in [0.1, 0.15) is 11.6 Å². The number of imidazole rings is 1. The average molecular weight is 359 g/mol. The summed E-state index contributed by atoms with van der Waals surface area (Å²) in [6.07, 6.45) is 6.21. The van der Waals surface area contributed by atoms with Crippen LogP contribution in [0.15, 0.2) is 48.8 Å². The van der Waals surface area contributed by atoms with Crippen LogP contribution in [0.5, 0.6) is 0 Å². The lowest BCUT2D eigenvalue weighted by molar-refractivity contribution is 0.760. The highest BCUT2D eigenvalue weighted by Gasteiger charge is 2.29. The van der Waals surface area contributed by atoms with Crippen molar-refractivity contribution in [2.24, 2.45) is 0 Å². The third-order valence-electron chi connectivity index (χ3n) is 4.97. The molecule has 0 unspecified atom stereocenters. The minimum atomic E-state index is 0.520. The van der Waals surface area contributed by atoms with Crippen LogP contribution in [0.1, 0.15) is 41.5 Å². The molecule has 3 heterocycles. The Morgan fingerprint density at radius 1 is 1.11 bits per heavy atom. The van der Waals surface area contributed by atoms with E-state index in [4.69, 9.17) is 0 Å². The fraction of sp³-hybridized carbons (Fsp3) is 0.300. The predicted molar refractivity (Wildman–Crippen MR) is 103 cm³/mol. The summed E-state index contributed by atoms with van der Waals surface area (Å²) >= 11 is 0. The van der Waals surface area contributed by atoms with Gasteiger partial charge in [-0.3, -0.25) is 0 Å². The van der Waals surface area contributed by atoms with Gasteiger partial charge in [0.15, 0.2) is 11.5 Å². The highest BCUT2D eigenvalue weighted by molar-refractivity contribution is 5.45. The SMILES string of the molecule is Cc1nccn1Cc1cccc(CNc2ccc3nnc(C4CC4)n3n2)c1. The highest BCUT2D eigenvalue weighted by Crippen LogP contribution is 2.38. The third kappa shape index (κ3) is 3.28. The van der Waals surface area contributed by atoms with Crippen molar-refractivity contribution in [3.05, 3.63) is 71.6 Å². The van der Waals surface area contributed by atoms with Gasteiger partial charge in [0.25, 0.3) is 0 Å². The number of rotatable bonds is 6. The quantitative estimate of drug-likeness (QED) is 0.572. The van der Waals surface area contributed by atoms with Gasteiger partial charge >= 0.3 is 0 Å². The lowest BCUT2D eigenvalue weighted by Crippen LogP contribution is -2.06. The van der Waals surface area contributed by atoms with E-state index in [1.165, 1.54) is 24.0 Å². The Labute approximate surface area is 157 Å². The number of hydrogen-bond acceptors (Lipinski definition) is 5. The molecule has 0 aliphatic heterocycles. The van der Waals surface area contributed by atoms with E-state index in [1.54, 1.807) is 0 Å². The van der Waals surface area contributed by atoms with E-state index >= 15 is 0 Å². The molecule has 3 aromatic heterocycles. The molecule has 0 bridgehead atoms. The molecule has 1 fully saturated rings. The molecule has 1 aromatic carbocycles.